The fraction of sp³-hybridized carbons (Fsp3) is 0.583. The van der Waals surface area contributed by atoms with Gasteiger partial charge in [-0.2, -0.15) is 4.98 Å². The van der Waals surface area contributed by atoms with Crippen molar-refractivity contribution >= 4 is 0 Å². The molecular weight excluding hydrogens is 230 g/mol. The van der Waals surface area contributed by atoms with Crippen LogP contribution in [-0.4, -0.2) is 31.1 Å². The van der Waals surface area contributed by atoms with Crippen molar-refractivity contribution < 1.29 is 4.52 Å². The van der Waals surface area contributed by atoms with E-state index in [4.69, 9.17) is 4.52 Å². The molecule has 3 rings (SSSR count). The smallest absolute Gasteiger partial charge is 0.229 e. The molecule has 0 aromatic carbocycles. The van der Waals surface area contributed by atoms with E-state index in [1.165, 1.54) is 0 Å². The Morgan fingerprint density at radius 3 is 3.06 bits per heavy atom. The summed E-state index contributed by atoms with van der Waals surface area (Å²) in [5.41, 5.74) is 0. The molecule has 1 aliphatic rings. The molecule has 96 valence electrons. The fourth-order valence-corrected chi connectivity index (χ4v) is 2.12. The Hall–Kier alpha value is -1.69. The minimum Gasteiger partial charge on any atom is -0.339 e. The van der Waals surface area contributed by atoms with E-state index in [0.29, 0.717) is 5.89 Å². The highest BCUT2D eigenvalue weighted by atomic mass is 16.5. The molecule has 0 amide bonds. The summed E-state index contributed by atoms with van der Waals surface area (Å²) < 4.78 is 7.40. The van der Waals surface area contributed by atoms with Crippen LogP contribution in [0.2, 0.25) is 0 Å². The van der Waals surface area contributed by atoms with Crippen molar-refractivity contribution in [3.63, 3.8) is 0 Å². The van der Waals surface area contributed by atoms with Crippen LogP contribution in [0.1, 0.15) is 37.3 Å². The molecule has 0 radical (unpaired) electrons. The van der Waals surface area contributed by atoms with Gasteiger partial charge in [0, 0.05) is 31.4 Å². The summed E-state index contributed by atoms with van der Waals surface area (Å²) in [6.45, 7) is 7.64. The van der Waals surface area contributed by atoms with Gasteiger partial charge in [-0.15, -0.1) is 0 Å². The first-order chi connectivity index (χ1) is 8.72. The monoisotopic (exact) mass is 247 g/mol. The predicted molar refractivity (Wildman–Crippen MR) is 64.7 cm³/mol. The number of imidazole rings is 1. The van der Waals surface area contributed by atoms with Gasteiger partial charge in [0.05, 0.1) is 13.1 Å². The third-order valence-electron chi connectivity index (χ3n) is 3.17. The molecule has 0 aliphatic carbocycles. The maximum absolute atomic E-state index is 5.21. The van der Waals surface area contributed by atoms with Crippen LogP contribution in [0.15, 0.2) is 16.9 Å². The molecular formula is C12H17N5O. The first-order valence-corrected chi connectivity index (χ1v) is 6.27. The van der Waals surface area contributed by atoms with Gasteiger partial charge in [-0.3, -0.25) is 4.90 Å². The molecule has 2 aromatic rings. The van der Waals surface area contributed by atoms with Crippen molar-refractivity contribution in [2.75, 3.05) is 6.54 Å². The third kappa shape index (κ3) is 2.15. The molecule has 3 heterocycles. The summed E-state index contributed by atoms with van der Waals surface area (Å²) in [6.07, 6.45) is 3.88. The molecule has 0 saturated heterocycles. The van der Waals surface area contributed by atoms with Crippen LogP contribution in [0, 0.1) is 0 Å². The standard InChI is InChI=1S/C12H17N5O/c1-9(2)12-14-10(15-18-12)7-16-5-6-17-4-3-13-11(17)8-16/h3-4,9H,5-8H2,1-2H3. The normalized spacial score (nSPS) is 16.2. The van der Waals surface area contributed by atoms with Gasteiger partial charge >= 0.3 is 0 Å². The highest BCUT2D eigenvalue weighted by Crippen LogP contribution is 2.15. The molecule has 0 unspecified atom stereocenters. The van der Waals surface area contributed by atoms with Crippen molar-refractivity contribution in [2.45, 2.75) is 39.4 Å². The fourth-order valence-electron chi connectivity index (χ4n) is 2.12. The van der Waals surface area contributed by atoms with Gasteiger partial charge in [-0.1, -0.05) is 19.0 Å². The Morgan fingerprint density at radius 1 is 1.39 bits per heavy atom. The zero-order valence-electron chi connectivity index (χ0n) is 10.7. The van der Waals surface area contributed by atoms with Gasteiger partial charge in [-0.05, 0) is 0 Å². The molecule has 1 aliphatic heterocycles. The van der Waals surface area contributed by atoms with Crippen LogP contribution in [-0.2, 0) is 19.6 Å². The zero-order chi connectivity index (χ0) is 12.5. The quantitative estimate of drug-likeness (QED) is 0.820. The van der Waals surface area contributed by atoms with Gasteiger partial charge < -0.3 is 9.09 Å². The summed E-state index contributed by atoms with van der Waals surface area (Å²) in [5.74, 6) is 2.86. The average molecular weight is 247 g/mol. The lowest BCUT2D eigenvalue weighted by Crippen LogP contribution is -2.33. The van der Waals surface area contributed by atoms with E-state index in [2.05, 4.69) is 38.4 Å². The lowest BCUT2D eigenvalue weighted by molar-refractivity contribution is 0.201. The van der Waals surface area contributed by atoms with Crippen LogP contribution in [0.3, 0.4) is 0 Å². The van der Waals surface area contributed by atoms with Gasteiger partial charge in [-0.25, -0.2) is 4.98 Å². The summed E-state index contributed by atoms with van der Waals surface area (Å²) in [4.78, 5) is 11.0. The Labute approximate surface area is 106 Å². The maximum atomic E-state index is 5.21. The molecule has 0 atom stereocenters. The number of rotatable bonds is 3. The Morgan fingerprint density at radius 2 is 2.28 bits per heavy atom. The highest BCUT2D eigenvalue weighted by Gasteiger charge is 2.19. The third-order valence-corrected chi connectivity index (χ3v) is 3.17. The minimum atomic E-state index is 0.284. The Balaban J connectivity index is 1.67. The average Bonchev–Trinajstić information content (AvgIpc) is 2.96. The van der Waals surface area contributed by atoms with Gasteiger partial charge in [0.2, 0.25) is 5.89 Å². The van der Waals surface area contributed by atoms with Crippen molar-refractivity contribution in [3.05, 3.63) is 29.9 Å². The lowest BCUT2D eigenvalue weighted by atomic mass is 10.2. The van der Waals surface area contributed by atoms with Crippen LogP contribution >= 0.6 is 0 Å². The van der Waals surface area contributed by atoms with E-state index < -0.39 is 0 Å². The second-order valence-corrected chi connectivity index (χ2v) is 4.95. The molecule has 2 aromatic heterocycles. The van der Waals surface area contributed by atoms with E-state index in [1.54, 1.807) is 0 Å². The number of fused-ring (bicyclic) bond motifs is 1. The van der Waals surface area contributed by atoms with Crippen LogP contribution in [0.4, 0.5) is 0 Å². The Bertz CT molecular complexity index is 530. The van der Waals surface area contributed by atoms with E-state index in [1.807, 2.05) is 12.4 Å². The van der Waals surface area contributed by atoms with Crippen molar-refractivity contribution in [3.8, 4) is 0 Å². The van der Waals surface area contributed by atoms with Crippen molar-refractivity contribution in [2.24, 2.45) is 0 Å². The van der Waals surface area contributed by atoms with E-state index in [-0.39, 0.29) is 5.92 Å². The number of hydrogen-bond acceptors (Lipinski definition) is 5. The molecule has 0 spiro atoms. The van der Waals surface area contributed by atoms with Gasteiger partial charge in [0.25, 0.3) is 0 Å². The summed E-state index contributed by atoms with van der Waals surface area (Å²) in [7, 11) is 0. The molecule has 6 nitrogen and oxygen atoms in total. The largest absolute Gasteiger partial charge is 0.339 e. The predicted octanol–water partition coefficient (Wildman–Crippen LogP) is 1.41. The van der Waals surface area contributed by atoms with Crippen molar-refractivity contribution in [1.82, 2.24) is 24.6 Å². The SMILES string of the molecule is CC(C)c1nc(CN2CCn3ccnc3C2)no1. The van der Waals surface area contributed by atoms with Crippen molar-refractivity contribution in [1.29, 1.82) is 0 Å². The second-order valence-electron chi connectivity index (χ2n) is 4.95. The molecule has 18 heavy (non-hydrogen) atoms. The highest BCUT2D eigenvalue weighted by molar-refractivity contribution is 4.97. The Kier molecular flexibility index (Phi) is 2.87. The van der Waals surface area contributed by atoms with Gasteiger partial charge in [0.1, 0.15) is 5.82 Å². The minimum absolute atomic E-state index is 0.284. The topological polar surface area (TPSA) is 60.0 Å². The summed E-state index contributed by atoms with van der Waals surface area (Å²) in [6, 6.07) is 0. The zero-order valence-corrected chi connectivity index (χ0v) is 10.7. The number of hydrogen-bond donors (Lipinski definition) is 0. The second kappa shape index (κ2) is 4.53. The van der Waals surface area contributed by atoms with E-state index >= 15 is 0 Å². The van der Waals surface area contributed by atoms with Crippen LogP contribution in [0.5, 0.6) is 0 Å². The van der Waals surface area contributed by atoms with E-state index in [9.17, 15) is 0 Å². The first-order valence-electron chi connectivity index (χ1n) is 6.27. The molecule has 0 fully saturated rings. The summed E-state index contributed by atoms with van der Waals surface area (Å²) >= 11 is 0. The maximum Gasteiger partial charge on any atom is 0.229 e. The molecule has 0 bridgehead atoms. The summed E-state index contributed by atoms with van der Waals surface area (Å²) in [5, 5.41) is 4.02. The first kappa shape index (κ1) is 11.4. The number of nitrogens with zero attached hydrogens (tertiary/aromatic N) is 5. The van der Waals surface area contributed by atoms with E-state index in [0.717, 1.165) is 37.8 Å². The number of aromatic nitrogens is 4. The van der Waals surface area contributed by atoms with Crippen LogP contribution in [0.25, 0.3) is 0 Å². The lowest BCUT2D eigenvalue weighted by Gasteiger charge is -2.26. The molecule has 0 N–H and O–H groups in total. The molecule has 6 heteroatoms. The van der Waals surface area contributed by atoms with Crippen LogP contribution < -0.4 is 0 Å². The van der Waals surface area contributed by atoms with Gasteiger partial charge in [0.15, 0.2) is 5.82 Å². The molecule has 0 saturated carbocycles.